The van der Waals surface area contributed by atoms with E-state index < -0.39 is 0 Å². The first-order valence-electron chi connectivity index (χ1n) is 3.93. The Kier molecular flexibility index (Phi) is 4.37. The molecule has 3 nitrogen and oxygen atoms in total. The van der Waals surface area contributed by atoms with Gasteiger partial charge in [0.15, 0.2) is 0 Å². The van der Waals surface area contributed by atoms with Gasteiger partial charge in [0.25, 0.3) is 0 Å². The van der Waals surface area contributed by atoms with Crippen molar-refractivity contribution in [2.24, 2.45) is 0 Å². The molecule has 0 aromatic rings. The molecule has 2 N–H and O–H groups in total. The highest BCUT2D eigenvalue weighted by atomic mass is 79.9. The minimum atomic E-state index is 0.107. The van der Waals surface area contributed by atoms with Gasteiger partial charge in [0.1, 0.15) is 6.23 Å². The predicted molar refractivity (Wildman–Crippen MR) is 46.8 cm³/mol. The molecular weight excluding hydrogens is 210 g/mol. The minimum Gasteiger partial charge on any atom is -0.394 e. The summed E-state index contributed by atoms with van der Waals surface area (Å²) in [6.45, 7) is 1.50. The summed E-state index contributed by atoms with van der Waals surface area (Å²) in [5.41, 5.74) is 0. The molecular formula is C7H14BrNO2. The Balaban J connectivity index is 2.07. The summed E-state index contributed by atoms with van der Waals surface area (Å²) in [5, 5.41) is 11.7. The average Bonchev–Trinajstić information content (AvgIpc) is 2.04. The lowest BCUT2D eigenvalue weighted by Crippen LogP contribution is -2.41. The standard InChI is InChI=1S/C7H14BrNO2/c8-6-1-2-7(9-5-6)11-4-3-10/h6-7,9-10H,1-5H2. The van der Waals surface area contributed by atoms with Crippen LogP contribution in [0.5, 0.6) is 0 Å². The number of halogens is 1. The van der Waals surface area contributed by atoms with E-state index in [9.17, 15) is 0 Å². The molecule has 1 fully saturated rings. The van der Waals surface area contributed by atoms with Crippen LogP contribution in [0.4, 0.5) is 0 Å². The van der Waals surface area contributed by atoms with Crippen molar-refractivity contribution in [3.8, 4) is 0 Å². The Morgan fingerprint density at radius 2 is 2.36 bits per heavy atom. The van der Waals surface area contributed by atoms with E-state index in [2.05, 4.69) is 21.2 Å². The summed E-state index contributed by atoms with van der Waals surface area (Å²) in [6.07, 6.45) is 2.31. The second kappa shape index (κ2) is 5.09. The zero-order chi connectivity index (χ0) is 8.10. The summed E-state index contributed by atoms with van der Waals surface area (Å²) >= 11 is 3.52. The van der Waals surface area contributed by atoms with Crippen LogP contribution in [0, 0.1) is 0 Å². The zero-order valence-electron chi connectivity index (χ0n) is 6.42. The van der Waals surface area contributed by atoms with Gasteiger partial charge in [0, 0.05) is 11.4 Å². The van der Waals surface area contributed by atoms with Crippen molar-refractivity contribution < 1.29 is 9.84 Å². The van der Waals surface area contributed by atoms with E-state index in [4.69, 9.17) is 9.84 Å². The maximum absolute atomic E-state index is 8.49. The fourth-order valence-corrected chi connectivity index (χ4v) is 1.58. The fraction of sp³-hybridized carbons (Fsp3) is 1.00. The number of aliphatic hydroxyl groups is 1. The number of aliphatic hydroxyl groups excluding tert-OH is 1. The molecule has 0 radical (unpaired) electrons. The normalized spacial score (nSPS) is 32.2. The van der Waals surface area contributed by atoms with Gasteiger partial charge in [-0.25, -0.2) is 0 Å². The number of piperidine rings is 1. The van der Waals surface area contributed by atoms with E-state index in [1.54, 1.807) is 0 Å². The van der Waals surface area contributed by atoms with Crippen molar-refractivity contribution in [2.75, 3.05) is 19.8 Å². The SMILES string of the molecule is OCCOC1CCC(Br)CN1. The number of ether oxygens (including phenoxy) is 1. The number of rotatable bonds is 3. The minimum absolute atomic E-state index is 0.107. The van der Waals surface area contributed by atoms with E-state index in [0.29, 0.717) is 11.4 Å². The first-order chi connectivity index (χ1) is 5.33. The van der Waals surface area contributed by atoms with E-state index in [0.717, 1.165) is 19.4 Å². The Morgan fingerprint density at radius 3 is 2.91 bits per heavy atom. The number of hydrogen-bond acceptors (Lipinski definition) is 3. The smallest absolute Gasteiger partial charge is 0.108 e. The third-order valence-electron chi connectivity index (χ3n) is 1.72. The number of hydrogen-bond donors (Lipinski definition) is 2. The molecule has 0 aliphatic carbocycles. The predicted octanol–water partition coefficient (Wildman–Crippen LogP) is 0.468. The second-order valence-corrected chi connectivity index (χ2v) is 3.96. The van der Waals surface area contributed by atoms with Crippen LogP contribution in [0.15, 0.2) is 0 Å². The number of nitrogens with one attached hydrogen (secondary N) is 1. The molecule has 1 heterocycles. The molecule has 0 aromatic heterocycles. The van der Waals surface area contributed by atoms with E-state index in [1.807, 2.05) is 0 Å². The van der Waals surface area contributed by atoms with Gasteiger partial charge >= 0.3 is 0 Å². The quantitative estimate of drug-likeness (QED) is 0.684. The van der Waals surface area contributed by atoms with Gasteiger partial charge < -0.3 is 9.84 Å². The van der Waals surface area contributed by atoms with Gasteiger partial charge in [-0.3, -0.25) is 5.32 Å². The van der Waals surface area contributed by atoms with Gasteiger partial charge in [-0.15, -0.1) is 0 Å². The topological polar surface area (TPSA) is 41.5 Å². The average molecular weight is 224 g/mol. The molecule has 66 valence electrons. The second-order valence-electron chi connectivity index (χ2n) is 2.67. The molecule has 11 heavy (non-hydrogen) atoms. The molecule has 0 bridgehead atoms. The van der Waals surface area contributed by atoms with E-state index in [1.165, 1.54) is 0 Å². The van der Waals surface area contributed by atoms with E-state index >= 15 is 0 Å². The number of alkyl halides is 1. The van der Waals surface area contributed by atoms with Crippen LogP contribution in [-0.2, 0) is 4.74 Å². The molecule has 0 saturated carbocycles. The molecule has 1 aliphatic heterocycles. The lowest BCUT2D eigenvalue weighted by molar-refractivity contribution is -0.00384. The third-order valence-corrected chi connectivity index (χ3v) is 2.50. The van der Waals surface area contributed by atoms with Gasteiger partial charge in [-0.05, 0) is 12.8 Å². The van der Waals surface area contributed by atoms with Crippen LogP contribution >= 0.6 is 15.9 Å². The van der Waals surface area contributed by atoms with Crippen molar-refractivity contribution in [3.63, 3.8) is 0 Å². The summed E-state index contributed by atoms with van der Waals surface area (Å²) in [6, 6.07) is 0. The molecule has 0 spiro atoms. The largest absolute Gasteiger partial charge is 0.394 e. The van der Waals surface area contributed by atoms with Crippen molar-refractivity contribution in [1.29, 1.82) is 0 Å². The van der Waals surface area contributed by atoms with Crippen LogP contribution < -0.4 is 5.32 Å². The maximum Gasteiger partial charge on any atom is 0.108 e. The zero-order valence-corrected chi connectivity index (χ0v) is 8.01. The Bertz CT molecular complexity index is 102. The first kappa shape index (κ1) is 9.45. The molecule has 1 saturated heterocycles. The lowest BCUT2D eigenvalue weighted by atomic mass is 10.1. The molecule has 0 amide bonds. The summed E-state index contributed by atoms with van der Waals surface area (Å²) in [7, 11) is 0. The fourth-order valence-electron chi connectivity index (χ4n) is 1.13. The van der Waals surface area contributed by atoms with Gasteiger partial charge in [-0.1, -0.05) is 15.9 Å². The highest BCUT2D eigenvalue weighted by Gasteiger charge is 2.17. The maximum atomic E-state index is 8.49. The van der Waals surface area contributed by atoms with Crippen LogP contribution in [0.25, 0.3) is 0 Å². The molecule has 0 aromatic carbocycles. The Labute approximate surface area is 75.2 Å². The van der Waals surface area contributed by atoms with Gasteiger partial charge in [0.05, 0.1) is 13.2 Å². The monoisotopic (exact) mass is 223 g/mol. The third kappa shape index (κ3) is 3.51. The van der Waals surface area contributed by atoms with Crippen LogP contribution in [-0.4, -0.2) is 35.9 Å². The molecule has 2 unspecified atom stereocenters. The van der Waals surface area contributed by atoms with Crippen LogP contribution in [0.3, 0.4) is 0 Å². The lowest BCUT2D eigenvalue weighted by Gasteiger charge is -2.26. The van der Waals surface area contributed by atoms with Crippen molar-refractivity contribution in [1.82, 2.24) is 5.32 Å². The van der Waals surface area contributed by atoms with Gasteiger partial charge in [-0.2, -0.15) is 0 Å². The molecule has 4 heteroatoms. The summed E-state index contributed by atoms with van der Waals surface area (Å²) in [4.78, 5) is 0.580. The van der Waals surface area contributed by atoms with Crippen molar-refractivity contribution in [3.05, 3.63) is 0 Å². The van der Waals surface area contributed by atoms with E-state index in [-0.39, 0.29) is 12.8 Å². The van der Waals surface area contributed by atoms with Crippen molar-refractivity contribution >= 4 is 15.9 Å². The molecule has 1 rings (SSSR count). The Morgan fingerprint density at radius 1 is 1.55 bits per heavy atom. The summed E-state index contributed by atoms with van der Waals surface area (Å²) in [5.74, 6) is 0. The highest BCUT2D eigenvalue weighted by molar-refractivity contribution is 9.09. The van der Waals surface area contributed by atoms with Gasteiger partial charge in [0.2, 0.25) is 0 Å². The first-order valence-corrected chi connectivity index (χ1v) is 4.84. The van der Waals surface area contributed by atoms with Crippen molar-refractivity contribution in [2.45, 2.75) is 23.9 Å². The Hall–Kier alpha value is 0.360. The molecule has 2 atom stereocenters. The molecule has 1 aliphatic rings. The highest BCUT2D eigenvalue weighted by Crippen LogP contribution is 2.14. The van der Waals surface area contributed by atoms with Crippen LogP contribution in [0.1, 0.15) is 12.8 Å². The summed E-state index contributed by atoms with van der Waals surface area (Å²) < 4.78 is 5.30. The van der Waals surface area contributed by atoms with Crippen LogP contribution in [0.2, 0.25) is 0 Å².